The van der Waals surface area contributed by atoms with Crippen LogP contribution in [0.5, 0.6) is 5.88 Å². The van der Waals surface area contributed by atoms with Crippen LogP contribution in [0.2, 0.25) is 5.02 Å². The second-order valence-electron chi connectivity index (χ2n) is 5.57. The van der Waals surface area contributed by atoms with Gasteiger partial charge in [0.1, 0.15) is 11.1 Å². The van der Waals surface area contributed by atoms with Gasteiger partial charge in [0.2, 0.25) is 5.88 Å². The Morgan fingerprint density at radius 3 is 2.90 bits per heavy atom. The number of methoxy groups -OCH3 is 1. The van der Waals surface area contributed by atoms with E-state index in [0.29, 0.717) is 17.0 Å². The number of nitrogens with zero attached hydrogens (tertiary/aromatic N) is 1. The lowest BCUT2D eigenvalue weighted by atomic mass is 9.95. The molecule has 2 rings (SSSR count). The van der Waals surface area contributed by atoms with E-state index in [1.165, 1.54) is 0 Å². The maximum absolute atomic E-state index is 6.29. The van der Waals surface area contributed by atoms with Crippen LogP contribution in [0.3, 0.4) is 0 Å². The Hall–Kier alpha value is -0.840. The summed E-state index contributed by atoms with van der Waals surface area (Å²) in [5.74, 6) is 0.540. The van der Waals surface area contributed by atoms with Gasteiger partial charge in [-0.15, -0.1) is 0 Å². The largest absolute Gasteiger partial charge is 0.473 e. The number of ether oxygens (including phenoxy) is 2. The van der Waals surface area contributed by atoms with Crippen LogP contribution in [0.4, 0.5) is 0 Å². The lowest BCUT2D eigenvalue weighted by Crippen LogP contribution is -2.29. The SMILES string of the molecule is CCCNCc1cnc(OC2CCCC(OC)C2)c(Cl)c1. The van der Waals surface area contributed by atoms with Gasteiger partial charge >= 0.3 is 0 Å². The number of pyridine rings is 1. The quantitative estimate of drug-likeness (QED) is 0.782. The van der Waals surface area contributed by atoms with Gasteiger partial charge in [-0.25, -0.2) is 4.98 Å². The fraction of sp³-hybridized carbons (Fsp3) is 0.688. The smallest absolute Gasteiger partial charge is 0.232 e. The Morgan fingerprint density at radius 2 is 2.19 bits per heavy atom. The van der Waals surface area contributed by atoms with Gasteiger partial charge < -0.3 is 14.8 Å². The zero-order chi connectivity index (χ0) is 15.1. The standard InChI is InChI=1S/C16H25ClN2O2/c1-3-7-18-10-12-8-15(17)16(19-11-12)21-14-6-4-5-13(9-14)20-2/h8,11,13-14,18H,3-7,9-10H2,1-2H3. The van der Waals surface area contributed by atoms with Crippen LogP contribution in [-0.4, -0.2) is 30.8 Å². The molecule has 0 bridgehead atoms. The average molecular weight is 313 g/mol. The Bertz CT molecular complexity index is 442. The van der Waals surface area contributed by atoms with Crippen molar-refractivity contribution in [1.82, 2.24) is 10.3 Å². The van der Waals surface area contributed by atoms with Crippen LogP contribution in [0, 0.1) is 0 Å². The summed E-state index contributed by atoms with van der Waals surface area (Å²) in [7, 11) is 1.76. The zero-order valence-electron chi connectivity index (χ0n) is 12.9. The number of aromatic nitrogens is 1. The van der Waals surface area contributed by atoms with Gasteiger partial charge in [0.05, 0.1) is 6.10 Å². The van der Waals surface area contributed by atoms with Crippen molar-refractivity contribution in [2.75, 3.05) is 13.7 Å². The minimum Gasteiger partial charge on any atom is -0.473 e. The summed E-state index contributed by atoms with van der Waals surface area (Å²) in [6, 6.07) is 1.93. The molecule has 0 amide bonds. The fourth-order valence-corrected chi connectivity index (χ4v) is 2.87. The molecule has 0 aromatic carbocycles. The van der Waals surface area contributed by atoms with Gasteiger partial charge in [-0.1, -0.05) is 18.5 Å². The van der Waals surface area contributed by atoms with Crippen LogP contribution < -0.4 is 10.1 Å². The highest BCUT2D eigenvalue weighted by Gasteiger charge is 2.24. The molecule has 1 aliphatic rings. The van der Waals surface area contributed by atoms with Crippen molar-refractivity contribution in [2.45, 2.75) is 57.8 Å². The monoisotopic (exact) mass is 312 g/mol. The first-order valence-electron chi connectivity index (χ1n) is 7.77. The third-order valence-corrected chi connectivity index (χ3v) is 4.08. The molecule has 0 radical (unpaired) electrons. The summed E-state index contributed by atoms with van der Waals surface area (Å²) < 4.78 is 11.4. The molecule has 1 fully saturated rings. The van der Waals surface area contributed by atoms with Crippen molar-refractivity contribution in [2.24, 2.45) is 0 Å². The van der Waals surface area contributed by atoms with E-state index < -0.39 is 0 Å². The second kappa shape index (κ2) is 8.57. The highest BCUT2D eigenvalue weighted by molar-refractivity contribution is 6.31. The molecular weight excluding hydrogens is 288 g/mol. The molecule has 4 nitrogen and oxygen atoms in total. The molecular formula is C16H25ClN2O2. The molecule has 118 valence electrons. The topological polar surface area (TPSA) is 43.4 Å². The molecule has 1 saturated carbocycles. The Labute approximate surface area is 132 Å². The van der Waals surface area contributed by atoms with Gasteiger partial charge in [-0.3, -0.25) is 0 Å². The van der Waals surface area contributed by atoms with Crippen molar-refractivity contribution >= 4 is 11.6 Å². The number of hydrogen-bond acceptors (Lipinski definition) is 4. The Morgan fingerprint density at radius 1 is 1.38 bits per heavy atom. The lowest BCUT2D eigenvalue weighted by Gasteiger charge is -2.28. The van der Waals surface area contributed by atoms with Gasteiger partial charge in [0.25, 0.3) is 0 Å². The van der Waals surface area contributed by atoms with Gasteiger partial charge in [-0.2, -0.15) is 0 Å². The van der Waals surface area contributed by atoms with E-state index in [2.05, 4.69) is 17.2 Å². The van der Waals surface area contributed by atoms with E-state index in [-0.39, 0.29) is 6.10 Å². The lowest BCUT2D eigenvalue weighted by molar-refractivity contribution is 0.0195. The van der Waals surface area contributed by atoms with Crippen molar-refractivity contribution in [3.8, 4) is 5.88 Å². The van der Waals surface area contributed by atoms with E-state index in [1.807, 2.05) is 12.3 Å². The van der Waals surface area contributed by atoms with E-state index in [4.69, 9.17) is 21.1 Å². The van der Waals surface area contributed by atoms with Crippen molar-refractivity contribution in [3.05, 3.63) is 22.8 Å². The predicted molar refractivity (Wildman–Crippen MR) is 84.9 cm³/mol. The summed E-state index contributed by atoms with van der Waals surface area (Å²) in [6.07, 6.45) is 7.58. The molecule has 1 heterocycles. The van der Waals surface area contributed by atoms with Gasteiger partial charge in [0.15, 0.2) is 0 Å². The van der Waals surface area contributed by atoms with Crippen LogP contribution in [0.1, 0.15) is 44.6 Å². The Kier molecular flexibility index (Phi) is 6.74. The molecule has 0 aliphatic heterocycles. The zero-order valence-corrected chi connectivity index (χ0v) is 13.7. The number of rotatable bonds is 7. The summed E-state index contributed by atoms with van der Waals surface area (Å²) >= 11 is 6.29. The minimum atomic E-state index is 0.151. The first-order valence-corrected chi connectivity index (χ1v) is 8.15. The molecule has 1 aliphatic carbocycles. The summed E-state index contributed by atoms with van der Waals surface area (Å²) in [5.41, 5.74) is 1.08. The Balaban J connectivity index is 1.91. The highest BCUT2D eigenvalue weighted by atomic mass is 35.5. The normalized spacial score (nSPS) is 22.2. The van der Waals surface area contributed by atoms with Crippen molar-refractivity contribution in [3.63, 3.8) is 0 Å². The maximum Gasteiger partial charge on any atom is 0.232 e. The van der Waals surface area contributed by atoms with E-state index in [1.54, 1.807) is 7.11 Å². The number of hydrogen-bond donors (Lipinski definition) is 1. The van der Waals surface area contributed by atoms with E-state index in [0.717, 1.165) is 50.8 Å². The fourth-order valence-electron chi connectivity index (χ4n) is 2.64. The third kappa shape index (κ3) is 5.13. The number of nitrogens with one attached hydrogen (secondary N) is 1. The predicted octanol–water partition coefficient (Wildman–Crippen LogP) is 3.57. The molecule has 1 aromatic heterocycles. The number of halogens is 1. The average Bonchev–Trinajstić information content (AvgIpc) is 2.50. The summed E-state index contributed by atoms with van der Waals surface area (Å²) in [5, 5.41) is 3.93. The van der Waals surface area contributed by atoms with Crippen LogP contribution in [-0.2, 0) is 11.3 Å². The summed E-state index contributed by atoms with van der Waals surface area (Å²) in [4.78, 5) is 4.37. The minimum absolute atomic E-state index is 0.151. The first-order chi connectivity index (χ1) is 10.2. The molecule has 1 N–H and O–H groups in total. The third-order valence-electron chi connectivity index (χ3n) is 3.81. The van der Waals surface area contributed by atoms with Gasteiger partial charge in [0, 0.05) is 26.3 Å². The molecule has 2 unspecified atom stereocenters. The van der Waals surface area contributed by atoms with E-state index >= 15 is 0 Å². The van der Waals surface area contributed by atoms with Crippen LogP contribution >= 0.6 is 11.6 Å². The maximum atomic E-state index is 6.29. The second-order valence-corrected chi connectivity index (χ2v) is 5.98. The molecule has 0 saturated heterocycles. The first kappa shape index (κ1) is 16.5. The van der Waals surface area contributed by atoms with Crippen LogP contribution in [0.25, 0.3) is 0 Å². The van der Waals surface area contributed by atoms with E-state index in [9.17, 15) is 0 Å². The van der Waals surface area contributed by atoms with Crippen LogP contribution in [0.15, 0.2) is 12.3 Å². The molecule has 5 heteroatoms. The molecule has 0 spiro atoms. The molecule has 2 atom stereocenters. The highest BCUT2D eigenvalue weighted by Crippen LogP contribution is 2.28. The molecule has 1 aromatic rings. The van der Waals surface area contributed by atoms with Gasteiger partial charge in [-0.05, 0) is 43.9 Å². The van der Waals surface area contributed by atoms with Crippen molar-refractivity contribution in [1.29, 1.82) is 0 Å². The molecule has 21 heavy (non-hydrogen) atoms. The van der Waals surface area contributed by atoms with Crippen molar-refractivity contribution < 1.29 is 9.47 Å². The summed E-state index contributed by atoms with van der Waals surface area (Å²) in [6.45, 7) is 3.93.